The third-order valence-electron chi connectivity index (χ3n) is 9.50. The lowest BCUT2D eigenvalue weighted by atomic mass is 9.79. The molecule has 0 spiro atoms. The van der Waals surface area contributed by atoms with Crippen molar-refractivity contribution in [3.05, 3.63) is 118 Å². The fourth-order valence-corrected chi connectivity index (χ4v) is 7.69. The van der Waals surface area contributed by atoms with Crippen LogP contribution in [0.1, 0.15) is 68.5 Å². The number of rotatable bonds is 17. The molecule has 3 heterocycles. The number of methoxy groups -OCH3 is 1. The Kier molecular flexibility index (Phi) is 13.1. The lowest BCUT2D eigenvalue weighted by Crippen LogP contribution is -2.38. The number of ether oxygens (including phenoxy) is 3. The number of imidazole rings is 1. The molecule has 288 valence electrons. The Bertz CT molecular complexity index is 2140. The van der Waals surface area contributed by atoms with Crippen molar-refractivity contribution >= 4 is 31.4 Å². The van der Waals surface area contributed by atoms with Crippen molar-refractivity contribution in [1.29, 1.82) is 5.26 Å². The molecular formula is C41H47N6O7P. The second-order valence-corrected chi connectivity index (χ2v) is 15.0. The number of hydrogen-bond donors (Lipinski definition) is 2. The fourth-order valence-electron chi connectivity index (χ4n) is 6.68. The summed E-state index contributed by atoms with van der Waals surface area (Å²) in [6.45, 7) is 7.84. The highest BCUT2D eigenvalue weighted by molar-refractivity contribution is 7.46. The maximum absolute atomic E-state index is 13.0. The molecule has 0 aliphatic carbocycles. The lowest BCUT2D eigenvalue weighted by Gasteiger charge is -2.37. The average Bonchev–Trinajstić information content (AvgIpc) is 3.80. The summed E-state index contributed by atoms with van der Waals surface area (Å²) in [6, 6.07) is 28.6. The Balaban J connectivity index is 1.39. The summed E-state index contributed by atoms with van der Waals surface area (Å²) in [5, 5.41) is 11.8. The van der Waals surface area contributed by atoms with E-state index in [9.17, 15) is 9.59 Å². The summed E-state index contributed by atoms with van der Waals surface area (Å²) >= 11 is 0. The van der Waals surface area contributed by atoms with Gasteiger partial charge in [0.2, 0.25) is 11.9 Å². The van der Waals surface area contributed by atoms with Gasteiger partial charge in [0.05, 0.1) is 45.2 Å². The molecule has 0 radical (unpaired) electrons. The second kappa shape index (κ2) is 18.1. The first kappa shape index (κ1) is 39.7. The van der Waals surface area contributed by atoms with Crippen LogP contribution in [0, 0.1) is 17.2 Å². The van der Waals surface area contributed by atoms with E-state index in [0.717, 1.165) is 35.3 Å². The number of nitrogens with zero attached hydrogens (tertiary/aromatic N) is 4. The number of nitriles is 1. The maximum atomic E-state index is 13.0. The predicted molar refractivity (Wildman–Crippen MR) is 210 cm³/mol. The number of hydrogen-bond acceptors (Lipinski definition) is 10. The second-order valence-electron chi connectivity index (χ2n) is 13.6. The normalized spacial score (nSPS) is 18.5. The van der Waals surface area contributed by atoms with Gasteiger partial charge in [0.15, 0.2) is 19.5 Å². The van der Waals surface area contributed by atoms with Gasteiger partial charge >= 0.3 is 0 Å². The molecule has 55 heavy (non-hydrogen) atoms. The number of amides is 1. The van der Waals surface area contributed by atoms with Crippen molar-refractivity contribution in [2.45, 2.75) is 70.5 Å². The number of benzene rings is 3. The van der Waals surface area contributed by atoms with Crippen molar-refractivity contribution in [2.24, 2.45) is 5.92 Å². The smallest absolute Gasteiger partial charge is 0.280 e. The molecule has 1 fully saturated rings. The average molecular weight is 767 g/mol. The highest BCUT2D eigenvalue weighted by atomic mass is 31.2. The van der Waals surface area contributed by atoms with Gasteiger partial charge in [-0.15, -0.1) is 0 Å². The molecule has 1 amide bonds. The zero-order chi connectivity index (χ0) is 39.0. The van der Waals surface area contributed by atoms with E-state index in [2.05, 4.69) is 69.7 Å². The molecule has 5 aromatic rings. The zero-order valence-corrected chi connectivity index (χ0v) is 32.6. The summed E-state index contributed by atoms with van der Waals surface area (Å²) in [7, 11) is 0.245. The first-order valence-electron chi connectivity index (χ1n) is 18.4. The first-order chi connectivity index (χ1) is 26.7. The molecule has 6 rings (SSSR count). The summed E-state index contributed by atoms with van der Waals surface area (Å²) in [5.41, 5.74) is 2.79. The molecule has 1 aliphatic rings. The van der Waals surface area contributed by atoms with Crippen LogP contribution >= 0.6 is 8.38 Å². The van der Waals surface area contributed by atoms with E-state index in [-0.39, 0.29) is 48.6 Å². The highest BCUT2D eigenvalue weighted by Gasteiger charge is 2.44. The SMILES string of the molecule is CCCc1ccc(C(OC[C@H]2O[C@@H](n3cnc4c(=O)[nH]c(NC(=O)C(C)C)nc43)C[C@H]2OP(C)OCCC#N)(c2ccccc2)c2ccc(OC)cc2)cc1. The molecule has 1 saturated heterocycles. The van der Waals surface area contributed by atoms with Gasteiger partial charge in [-0.2, -0.15) is 10.2 Å². The Morgan fingerprint density at radius 3 is 2.44 bits per heavy atom. The van der Waals surface area contributed by atoms with Crippen molar-refractivity contribution in [3.8, 4) is 11.8 Å². The number of anilines is 1. The Labute approximate surface area is 321 Å². The zero-order valence-electron chi connectivity index (χ0n) is 31.7. The minimum absolute atomic E-state index is 0.0173. The fraction of sp³-hybridized carbons (Fsp3) is 0.390. The number of aryl methyl sites for hydroxylation is 1. The molecule has 0 saturated carbocycles. The predicted octanol–water partition coefficient (Wildman–Crippen LogP) is 7.23. The Morgan fingerprint density at radius 1 is 1.09 bits per heavy atom. The van der Waals surface area contributed by atoms with E-state index < -0.39 is 38.0 Å². The first-order valence-corrected chi connectivity index (χ1v) is 20.1. The van der Waals surface area contributed by atoms with E-state index in [0.29, 0.717) is 6.42 Å². The van der Waals surface area contributed by atoms with Gasteiger partial charge in [-0.3, -0.25) is 24.5 Å². The van der Waals surface area contributed by atoms with Crippen molar-refractivity contribution in [1.82, 2.24) is 19.5 Å². The summed E-state index contributed by atoms with van der Waals surface area (Å²) in [4.78, 5) is 37.0. The molecule has 1 aliphatic heterocycles. The number of carbonyl (C=O) groups is 1. The standard InChI is InChI=1S/C41H47N6O7P/c1-6-11-28-14-16-30(17-15-28)41(29-12-8-7-9-13-29,31-18-20-32(50-4)21-19-31)51-25-34-33(54-55(5)52-23-10-22-42)24-35(53-34)47-26-43-36-37(47)44-40(46-39(36)49)45-38(48)27(2)3/h7-9,12-21,26-27,33-35H,6,10-11,23-25H2,1-5H3,(H2,44,45,46,48,49)/t33-,34-,35-,41?,55?/m1/s1. The topological polar surface area (TPSA) is 163 Å². The van der Waals surface area contributed by atoms with Crippen molar-refractivity contribution in [2.75, 3.05) is 32.3 Å². The van der Waals surface area contributed by atoms with Gasteiger partial charge in [0.25, 0.3) is 5.56 Å². The van der Waals surface area contributed by atoms with Crippen molar-refractivity contribution < 1.29 is 28.1 Å². The van der Waals surface area contributed by atoms with Crippen LogP contribution in [0.25, 0.3) is 11.2 Å². The molecular weight excluding hydrogens is 719 g/mol. The van der Waals surface area contributed by atoms with Crippen molar-refractivity contribution in [3.63, 3.8) is 0 Å². The van der Waals surface area contributed by atoms with E-state index in [1.165, 1.54) is 11.9 Å². The molecule has 3 aromatic carbocycles. The van der Waals surface area contributed by atoms with Gasteiger partial charge < -0.3 is 23.3 Å². The van der Waals surface area contributed by atoms with E-state index in [1.54, 1.807) is 25.5 Å². The Morgan fingerprint density at radius 2 is 1.78 bits per heavy atom. The molecule has 13 nitrogen and oxygen atoms in total. The van der Waals surface area contributed by atoms with E-state index in [1.807, 2.05) is 49.1 Å². The lowest BCUT2D eigenvalue weighted by molar-refractivity contribution is -0.118. The van der Waals surface area contributed by atoms with Crippen LogP contribution in [-0.2, 0) is 35.3 Å². The van der Waals surface area contributed by atoms with Crippen LogP contribution in [-0.4, -0.2) is 64.6 Å². The summed E-state index contributed by atoms with van der Waals surface area (Å²) in [5.74, 6) is 0.128. The molecule has 14 heteroatoms. The molecule has 2 unspecified atom stereocenters. The number of H-pyrrole nitrogens is 1. The summed E-state index contributed by atoms with van der Waals surface area (Å²) in [6.07, 6.45) is 2.30. The van der Waals surface area contributed by atoms with Gasteiger partial charge in [-0.05, 0) is 40.8 Å². The molecule has 2 N–H and O–H groups in total. The van der Waals surface area contributed by atoms with Crippen LogP contribution < -0.4 is 15.6 Å². The van der Waals surface area contributed by atoms with Gasteiger partial charge in [0.1, 0.15) is 23.7 Å². The number of fused-ring (bicyclic) bond motifs is 1. The van der Waals surface area contributed by atoms with E-state index >= 15 is 0 Å². The minimum Gasteiger partial charge on any atom is -0.497 e. The number of aromatic amines is 1. The highest BCUT2D eigenvalue weighted by Crippen LogP contribution is 2.45. The molecule has 2 aromatic heterocycles. The Hall–Kier alpha value is -4.96. The van der Waals surface area contributed by atoms with Gasteiger partial charge in [-0.1, -0.05) is 93.9 Å². The van der Waals surface area contributed by atoms with Crippen LogP contribution in [0.5, 0.6) is 5.75 Å². The van der Waals surface area contributed by atoms with Crippen LogP contribution in [0.4, 0.5) is 5.95 Å². The minimum atomic E-state index is -1.39. The van der Waals surface area contributed by atoms with Crippen LogP contribution in [0.2, 0.25) is 0 Å². The quantitative estimate of drug-likeness (QED) is 0.0561. The third kappa shape index (κ3) is 8.96. The molecule has 0 bridgehead atoms. The van der Waals surface area contributed by atoms with E-state index in [4.69, 9.17) is 28.5 Å². The third-order valence-corrected chi connectivity index (χ3v) is 10.6. The number of carbonyl (C=O) groups excluding carboxylic acids is 1. The van der Waals surface area contributed by atoms with Gasteiger partial charge in [0, 0.05) is 19.0 Å². The monoisotopic (exact) mass is 766 g/mol. The largest absolute Gasteiger partial charge is 0.497 e. The maximum Gasteiger partial charge on any atom is 0.280 e. The molecule has 5 atom stereocenters. The number of aromatic nitrogens is 4. The van der Waals surface area contributed by atoms with Gasteiger partial charge in [-0.25, -0.2) is 4.98 Å². The summed E-state index contributed by atoms with van der Waals surface area (Å²) < 4.78 is 33.6. The van der Waals surface area contributed by atoms with Crippen LogP contribution in [0.15, 0.2) is 90.0 Å². The van der Waals surface area contributed by atoms with Crippen LogP contribution in [0.3, 0.4) is 0 Å². The number of nitrogens with one attached hydrogen (secondary N) is 2.